The van der Waals surface area contributed by atoms with Gasteiger partial charge in [-0.2, -0.15) is 0 Å². The van der Waals surface area contributed by atoms with E-state index in [4.69, 9.17) is 4.74 Å². The number of thioether (sulfide) groups is 1. The van der Waals surface area contributed by atoms with Crippen LogP contribution in [-0.4, -0.2) is 34.5 Å². The number of ether oxygens (including phenoxy) is 1. The molecule has 0 fully saturated rings. The highest BCUT2D eigenvalue weighted by atomic mass is 32.2. The molecule has 1 aromatic carbocycles. The van der Waals surface area contributed by atoms with Crippen LogP contribution in [-0.2, 0) is 20.9 Å². The highest BCUT2D eigenvalue weighted by Gasteiger charge is 2.48. The van der Waals surface area contributed by atoms with Crippen LogP contribution < -0.4 is 0 Å². The van der Waals surface area contributed by atoms with Crippen LogP contribution in [0.15, 0.2) is 41.5 Å². The molecule has 24 heavy (non-hydrogen) atoms. The molecule has 130 valence electrons. The van der Waals surface area contributed by atoms with E-state index < -0.39 is 4.87 Å². The molecule has 1 heterocycles. The van der Waals surface area contributed by atoms with E-state index in [2.05, 4.69) is 6.92 Å². The third-order valence-electron chi connectivity index (χ3n) is 4.61. The molecule has 0 saturated heterocycles. The Labute approximate surface area is 148 Å². The minimum Gasteiger partial charge on any atom is -0.469 e. The number of rotatable bonds is 7. The van der Waals surface area contributed by atoms with Gasteiger partial charge in [0.1, 0.15) is 4.87 Å². The first-order valence-corrected chi connectivity index (χ1v) is 9.19. The lowest BCUT2D eigenvalue weighted by Crippen LogP contribution is -2.45. The molecule has 4 nitrogen and oxygen atoms in total. The zero-order chi connectivity index (χ0) is 17.7. The Hall–Kier alpha value is -1.75. The summed E-state index contributed by atoms with van der Waals surface area (Å²) < 4.78 is 4.81. The number of esters is 1. The lowest BCUT2D eigenvalue weighted by atomic mass is 10.0. The standard InChI is InChI=1S/C19H25NO3S/c1-5-24-19(12-11-17(21)23-4)15(3)14(2)18(22)20(19)13-16-9-7-6-8-10-16/h6-10H,5,11-13H2,1-4H3. The van der Waals surface area contributed by atoms with E-state index in [0.717, 1.165) is 22.5 Å². The summed E-state index contributed by atoms with van der Waals surface area (Å²) >= 11 is 1.72. The highest BCUT2D eigenvalue weighted by molar-refractivity contribution is 8.00. The van der Waals surface area contributed by atoms with Crippen LogP contribution in [0.25, 0.3) is 0 Å². The van der Waals surface area contributed by atoms with Crippen molar-refractivity contribution in [3.8, 4) is 0 Å². The smallest absolute Gasteiger partial charge is 0.305 e. The number of carbonyl (C=O) groups excluding carboxylic acids is 2. The number of hydrogen-bond donors (Lipinski definition) is 0. The maximum Gasteiger partial charge on any atom is 0.305 e. The molecule has 0 aromatic heterocycles. The molecule has 0 bridgehead atoms. The van der Waals surface area contributed by atoms with E-state index in [-0.39, 0.29) is 11.9 Å². The van der Waals surface area contributed by atoms with Crippen molar-refractivity contribution in [1.29, 1.82) is 0 Å². The highest BCUT2D eigenvalue weighted by Crippen LogP contribution is 2.47. The largest absolute Gasteiger partial charge is 0.469 e. The Bertz CT molecular complexity index is 641. The maximum absolute atomic E-state index is 12.9. The summed E-state index contributed by atoms with van der Waals surface area (Å²) in [7, 11) is 1.40. The first kappa shape index (κ1) is 18.6. The summed E-state index contributed by atoms with van der Waals surface area (Å²) in [6, 6.07) is 9.98. The predicted molar refractivity (Wildman–Crippen MR) is 97.5 cm³/mol. The second-order valence-corrected chi connectivity index (χ2v) is 7.46. The van der Waals surface area contributed by atoms with E-state index in [1.54, 1.807) is 11.8 Å². The minimum atomic E-state index is -0.472. The zero-order valence-electron chi connectivity index (χ0n) is 14.8. The first-order valence-electron chi connectivity index (χ1n) is 8.21. The monoisotopic (exact) mass is 347 g/mol. The fraction of sp³-hybridized carbons (Fsp3) is 0.474. The Morgan fingerprint density at radius 3 is 2.50 bits per heavy atom. The molecule has 0 N–H and O–H groups in total. The van der Waals surface area contributed by atoms with E-state index in [1.807, 2.05) is 49.1 Å². The molecule has 0 radical (unpaired) electrons. The SMILES string of the molecule is CCSC1(CCC(=O)OC)C(C)=C(C)C(=O)N1Cc1ccccc1. The molecule has 1 atom stereocenters. The summed E-state index contributed by atoms with van der Waals surface area (Å²) in [4.78, 5) is 26.0. The van der Waals surface area contributed by atoms with Crippen molar-refractivity contribution in [3.05, 3.63) is 47.0 Å². The number of hydrogen-bond acceptors (Lipinski definition) is 4. The summed E-state index contributed by atoms with van der Waals surface area (Å²) in [5, 5.41) is 0. The van der Waals surface area contributed by atoms with Gasteiger partial charge in [0.15, 0.2) is 0 Å². The Balaban J connectivity index is 2.36. The summed E-state index contributed by atoms with van der Waals surface area (Å²) in [5.74, 6) is 0.683. The van der Waals surface area contributed by atoms with Crippen molar-refractivity contribution >= 4 is 23.6 Å². The summed E-state index contributed by atoms with van der Waals surface area (Å²) in [6.45, 7) is 6.52. The number of carbonyl (C=O) groups is 2. The van der Waals surface area contributed by atoms with Crippen molar-refractivity contribution in [3.63, 3.8) is 0 Å². The lowest BCUT2D eigenvalue weighted by molar-refractivity contribution is -0.141. The number of methoxy groups -OCH3 is 1. The Kier molecular flexibility index (Phi) is 6.10. The molecule has 1 amide bonds. The van der Waals surface area contributed by atoms with Crippen LogP contribution in [0.1, 0.15) is 39.2 Å². The quantitative estimate of drug-likeness (QED) is 0.705. The molecule has 1 aliphatic rings. The molecule has 1 aliphatic heterocycles. The van der Waals surface area contributed by atoms with Gasteiger partial charge in [-0.25, -0.2) is 0 Å². The van der Waals surface area contributed by atoms with Crippen LogP contribution in [0.2, 0.25) is 0 Å². The van der Waals surface area contributed by atoms with E-state index in [1.165, 1.54) is 7.11 Å². The fourth-order valence-electron chi connectivity index (χ4n) is 3.18. The average molecular weight is 347 g/mol. The normalized spacial score (nSPS) is 20.7. The first-order chi connectivity index (χ1) is 11.5. The average Bonchev–Trinajstić information content (AvgIpc) is 2.77. The number of benzene rings is 1. The molecular weight excluding hydrogens is 322 g/mol. The van der Waals surface area contributed by atoms with Crippen LogP contribution in [0, 0.1) is 0 Å². The van der Waals surface area contributed by atoms with Gasteiger partial charge in [-0.3, -0.25) is 9.59 Å². The van der Waals surface area contributed by atoms with Gasteiger partial charge >= 0.3 is 5.97 Å². The Morgan fingerprint density at radius 2 is 1.92 bits per heavy atom. The van der Waals surface area contributed by atoms with Crippen molar-refractivity contribution in [2.24, 2.45) is 0 Å². The molecule has 5 heteroatoms. The van der Waals surface area contributed by atoms with Gasteiger partial charge in [0.25, 0.3) is 5.91 Å². The fourth-order valence-corrected chi connectivity index (χ4v) is 4.58. The number of amides is 1. The van der Waals surface area contributed by atoms with Crippen molar-refractivity contribution < 1.29 is 14.3 Å². The van der Waals surface area contributed by atoms with E-state index in [9.17, 15) is 9.59 Å². The molecule has 0 spiro atoms. The maximum atomic E-state index is 12.9. The predicted octanol–water partition coefficient (Wildman–Crippen LogP) is 3.77. The van der Waals surface area contributed by atoms with Crippen molar-refractivity contribution in [2.75, 3.05) is 12.9 Å². The summed E-state index contributed by atoms with van der Waals surface area (Å²) in [6.07, 6.45) is 0.868. The number of nitrogens with zero attached hydrogens (tertiary/aromatic N) is 1. The zero-order valence-corrected chi connectivity index (χ0v) is 15.6. The molecule has 2 rings (SSSR count). The topological polar surface area (TPSA) is 46.6 Å². The van der Waals surface area contributed by atoms with Gasteiger partial charge in [0.2, 0.25) is 0 Å². The van der Waals surface area contributed by atoms with Gasteiger partial charge < -0.3 is 9.64 Å². The minimum absolute atomic E-state index is 0.0576. The van der Waals surface area contributed by atoms with Gasteiger partial charge in [-0.1, -0.05) is 37.3 Å². The van der Waals surface area contributed by atoms with Crippen molar-refractivity contribution in [1.82, 2.24) is 4.90 Å². The van der Waals surface area contributed by atoms with Crippen LogP contribution in [0.4, 0.5) is 0 Å². The summed E-state index contributed by atoms with van der Waals surface area (Å²) in [5.41, 5.74) is 2.93. The van der Waals surface area contributed by atoms with Crippen LogP contribution in [0.3, 0.4) is 0 Å². The van der Waals surface area contributed by atoms with Crippen molar-refractivity contribution in [2.45, 2.75) is 45.0 Å². The van der Waals surface area contributed by atoms with E-state index >= 15 is 0 Å². The molecule has 1 unspecified atom stereocenters. The Morgan fingerprint density at radius 1 is 1.25 bits per heavy atom. The van der Waals surface area contributed by atoms with Gasteiger partial charge in [-0.05, 0) is 37.2 Å². The van der Waals surface area contributed by atoms with Gasteiger partial charge in [0, 0.05) is 18.5 Å². The van der Waals surface area contributed by atoms with Gasteiger partial charge in [0.05, 0.1) is 7.11 Å². The molecule has 1 aromatic rings. The molecule has 0 aliphatic carbocycles. The van der Waals surface area contributed by atoms with Gasteiger partial charge in [-0.15, -0.1) is 11.8 Å². The lowest BCUT2D eigenvalue weighted by Gasteiger charge is -2.40. The molecule has 0 saturated carbocycles. The van der Waals surface area contributed by atoms with Crippen LogP contribution >= 0.6 is 11.8 Å². The molecular formula is C19H25NO3S. The van der Waals surface area contributed by atoms with Crippen LogP contribution in [0.5, 0.6) is 0 Å². The van der Waals surface area contributed by atoms with E-state index in [0.29, 0.717) is 19.4 Å². The third-order valence-corrected chi connectivity index (χ3v) is 6.11. The second-order valence-electron chi connectivity index (χ2n) is 5.92. The third kappa shape index (κ3) is 3.51. The second kappa shape index (κ2) is 7.88.